The van der Waals surface area contributed by atoms with Crippen LogP contribution in [0.3, 0.4) is 0 Å². The lowest BCUT2D eigenvalue weighted by Crippen LogP contribution is -2.34. The van der Waals surface area contributed by atoms with Crippen LogP contribution in [0.2, 0.25) is 0 Å². The van der Waals surface area contributed by atoms with Crippen LogP contribution in [0.4, 0.5) is 4.79 Å². The van der Waals surface area contributed by atoms with E-state index in [0.717, 1.165) is 0 Å². The van der Waals surface area contributed by atoms with Crippen LogP contribution in [0.5, 0.6) is 5.75 Å². The van der Waals surface area contributed by atoms with Gasteiger partial charge in [-0.3, -0.25) is 0 Å². The van der Waals surface area contributed by atoms with Gasteiger partial charge >= 0.3 is 12.1 Å². The molecule has 0 fully saturated rings. The van der Waals surface area contributed by atoms with E-state index in [1.165, 1.54) is 26.4 Å². The van der Waals surface area contributed by atoms with Gasteiger partial charge < -0.3 is 24.3 Å². The van der Waals surface area contributed by atoms with Crippen molar-refractivity contribution in [3.8, 4) is 5.75 Å². The molecule has 0 spiro atoms. The van der Waals surface area contributed by atoms with Crippen molar-refractivity contribution in [2.75, 3.05) is 21.0 Å². The molecular weight excluding hydrogens is 326 g/mol. The lowest BCUT2D eigenvalue weighted by molar-refractivity contribution is -0.134. The molecule has 0 bridgehead atoms. The highest BCUT2D eigenvalue weighted by Gasteiger charge is 2.21. The van der Waals surface area contributed by atoms with Crippen LogP contribution in [0.25, 0.3) is 0 Å². The zero-order chi connectivity index (χ0) is 18.9. The fourth-order valence-electron chi connectivity index (χ4n) is 1.90. The first-order valence-electron chi connectivity index (χ1n) is 7.73. The lowest BCUT2D eigenvalue weighted by Gasteiger charge is -2.23. The number of nitrogens with one attached hydrogen (secondary N) is 1. The Hall–Kier alpha value is -2.54. The molecule has 138 valence electrons. The first-order chi connectivity index (χ1) is 11.8. The second-order valence-electron chi connectivity index (χ2n) is 6.09. The number of hydrogen-bond donors (Lipinski definition) is 1. The first kappa shape index (κ1) is 20.5. The Kier molecular flexibility index (Phi) is 7.94. The fourth-order valence-corrected chi connectivity index (χ4v) is 1.90. The number of rotatable bonds is 7. The van der Waals surface area contributed by atoms with Crippen LogP contribution < -0.4 is 10.1 Å². The predicted octanol–water partition coefficient (Wildman–Crippen LogP) is 2.96. The highest BCUT2D eigenvalue weighted by Crippen LogP contribution is 2.26. The number of ether oxygens (including phenoxy) is 4. The highest BCUT2D eigenvalue weighted by atomic mass is 16.7. The molecule has 1 aromatic carbocycles. The number of methoxy groups -OCH3 is 2. The van der Waals surface area contributed by atoms with Crippen molar-refractivity contribution in [1.29, 1.82) is 0 Å². The third-order valence-corrected chi connectivity index (χ3v) is 2.88. The fraction of sp³-hybridized carbons (Fsp3) is 0.444. The quantitative estimate of drug-likeness (QED) is 0.462. The summed E-state index contributed by atoms with van der Waals surface area (Å²) in [6, 6.07) is 6.45. The van der Waals surface area contributed by atoms with Gasteiger partial charge in [-0.1, -0.05) is 24.3 Å². The molecular formula is C18H25NO6. The molecule has 25 heavy (non-hydrogen) atoms. The number of esters is 1. The van der Waals surface area contributed by atoms with Gasteiger partial charge in [0.15, 0.2) is 6.79 Å². The van der Waals surface area contributed by atoms with Crippen molar-refractivity contribution in [1.82, 2.24) is 5.32 Å². The van der Waals surface area contributed by atoms with E-state index in [2.05, 4.69) is 10.1 Å². The minimum Gasteiger partial charge on any atom is -0.467 e. The van der Waals surface area contributed by atoms with E-state index < -0.39 is 23.7 Å². The summed E-state index contributed by atoms with van der Waals surface area (Å²) in [6.45, 7) is 5.35. The Balaban J connectivity index is 3.08. The Morgan fingerprint density at radius 3 is 2.48 bits per heavy atom. The normalized spacial score (nSPS) is 12.5. The maximum Gasteiger partial charge on any atom is 0.408 e. The molecule has 7 heteroatoms. The van der Waals surface area contributed by atoms with Crippen LogP contribution >= 0.6 is 0 Å². The van der Waals surface area contributed by atoms with Gasteiger partial charge in [-0.2, -0.15) is 0 Å². The molecule has 0 radical (unpaired) electrons. The third-order valence-electron chi connectivity index (χ3n) is 2.88. The third kappa shape index (κ3) is 7.71. The summed E-state index contributed by atoms with van der Waals surface area (Å²) in [4.78, 5) is 23.5. The number of para-hydroxylation sites is 1. The van der Waals surface area contributed by atoms with Gasteiger partial charge in [0.25, 0.3) is 0 Å². The van der Waals surface area contributed by atoms with Crippen molar-refractivity contribution >= 4 is 12.1 Å². The predicted molar refractivity (Wildman–Crippen MR) is 92.2 cm³/mol. The Bertz CT molecular complexity index is 606. The van der Waals surface area contributed by atoms with Crippen molar-refractivity contribution in [3.63, 3.8) is 0 Å². The molecule has 0 aliphatic rings. The van der Waals surface area contributed by atoms with Crippen LogP contribution in [0.1, 0.15) is 32.4 Å². The smallest absolute Gasteiger partial charge is 0.408 e. The molecule has 1 atom stereocenters. The van der Waals surface area contributed by atoms with E-state index >= 15 is 0 Å². The minimum atomic E-state index is -0.651. The van der Waals surface area contributed by atoms with Gasteiger partial charge in [0.05, 0.1) is 13.2 Å². The van der Waals surface area contributed by atoms with Gasteiger partial charge in [-0.25, -0.2) is 9.59 Å². The maximum absolute atomic E-state index is 12.1. The SMILES string of the molecule is COCOc1ccccc1C(/C=C/C(=O)OC)NC(=O)OC(C)(C)C. The molecule has 0 saturated carbocycles. The van der Waals surface area contributed by atoms with Crippen molar-refractivity contribution in [3.05, 3.63) is 42.0 Å². The second kappa shape index (κ2) is 9.68. The van der Waals surface area contributed by atoms with E-state index in [1.54, 1.807) is 45.0 Å². The van der Waals surface area contributed by atoms with Crippen LogP contribution in [-0.4, -0.2) is 38.7 Å². The molecule has 1 N–H and O–H groups in total. The van der Waals surface area contributed by atoms with Gasteiger partial charge in [-0.15, -0.1) is 0 Å². The number of carbonyl (C=O) groups is 2. The Labute approximate surface area is 147 Å². The second-order valence-corrected chi connectivity index (χ2v) is 6.09. The maximum atomic E-state index is 12.1. The number of hydrogen-bond acceptors (Lipinski definition) is 6. The summed E-state index contributed by atoms with van der Waals surface area (Å²) >= 11 is 0. The van der Waals surface area contributed by atoms with E-state index in [1.807, 2.05) is 0 Å². The van der Waals surface area contributed by atoms with Crippen molar-refractivity contribution in [2.45, 2.75) is 32.4 Å². The summed E-state index contributed by atoms with van der Waals surface area (Å²) in [5, 5.41) is 2.71. The van der Waals surface area contributed by atoms with Crippen molar-refractivity contribution in [2.24, 2.45) is 0 Å². The Morgan fingerprint density at radius 2 is 1.88 bits per heavy atom. The summed E-state index contributed by atoms with van der Waals surface area (Å²) in [7, 11) is 2.79. The first-order valence-corrected chi connectivity index (χ1v) is 7.73. The molecule has 1 aromatic rings. The zero-order valence-electron chi connectivity index (χ0n) is 15.2. The van der Waals surface area contributed by atoms with Crippen LogP contribution in [0, 0.1) is 0 Å². The van der Waals surface area contributed by atoms with E-state index in [-0.39, 0.29) is 6.79 Å². The summed E-state index contributed by atoms with van der Waals surface area (Å²) < 4.78 is 20.3. The molecule has 1 amide bonds. The molecule has 0 saturated heterocycles. The molecule has 1 rings (SSSR count). The lowest BCUT2D eigenvalue weighted by atomic mass is 10.1. The average molecular weight is 351 g/mol. The van der Waals surface area contributed by atoms with Gasteiger partial charge in [-0.05, 0) is 26.8 Å². The summed E-state index contributed by atoms with van der Waals surface area (Å²) in [6.07, 6.45) is 2.12. The van der Waals surface area contributed by atoms with E-state index in [9.17, 15) is 9.59 Å². The van der Waals surface area contributed by atoms with Crippen LogP contribution in [0.15, 0.2) is 36.4 Å². The standard InChI is InChI=1S/C18H25NO6/c1-18(2,3)25-17(21)19-14(10-11-16(20)23-5)13-8-6-7-9-15(13)24-12-22-4/h6-11,14H,12H2,1-5H3,(H,19,21)/b11-10+. The van der Waals surface area contributed by atoms with Gasteiger partial charge in [0.1, 0.15) is 11.4 Å². The topological polar surface area (TPSA) is 83.1 Å². The molecule has 0 aliphatic heterocycles. The summed E-state index contributed by atoms with van der Waals surface area (Å²) in [5.74, 6) is -0.0220. The monoisotopic (exact) mass is 351 g/mol. The largest absolute Gasteiger partial charge is 0.467 e. The van der Waals surface area contributed by atoms with Gasteiger partial charge in [0, 0.05) is 18.7 Å². The van der Waals surface area contributed by atoms with E-state index in [0.29, 0.717) is 11.3 Å². The van der Waals surface area contributed by atoms with Gasteiger partial charge in [0.2, 0.25) is 0 Å². The minimum absolute atomic E-state index is 0.0525. The molecule has 7 nitrogen and oxygen atoms in total. The molecule has 1 unspecified atom stereocenters. The van der Waals surface area contributed by atoms with Crippen LogP contribution in [-0.2, 0) is 19.0 Å². The summed E-state index contributed by atoms with van der Waals surface area (Å²) in [5.41, 5.74) is -0.00203. The van der Waals surface area contributed by atoms with Crippen molar-refractivity contribution < 1.29 is 28.5 Å². The van der Waals surface area contributed by atoms with E-state index in [4.69, 9.17) is 14.2 Å². The number of amides is 1. The number of benzene rings is 1. The Morgan fingerprint density at radius 1 is 1.20 bits per heavy atom. The number of alkyl carbamates (subject to hydrolysis) is 1. The molecule has 0 aromatic heterocycles. The zero-order valence-corrected chi connectivity index (χ0v) is 15.2. The molecule has 0 heterocycles. The highest BCUT2D eigenvalue weighted by molar-refractivity contribution is 5.82. The molecule has 0 aliphatic carbocycles. The average Bonchev–Trinajstić information content (AvgIpc) is 2.55. The number of carbonyl (C=O) groups excluding carboxylic acids is 2.